The Morgan fingerprint density at radius 1 is 0.912 bits per heavy atom. The Kier molecular flexibility index (Phi) is 7.87. The SMILES string of the molecule is CC(C)(C)c1ccc2c(c1)-c1cc(C(C)(C)C)c(C3=CC([Si](C)(C)C)=CC3)[c-]c1C2.C[C](C)=[Zr]. The van der Waals surface area contributed by atoms with Gasteiger partial charge in [0.1, 0.15) is 0 Å². The molecule has 0 nitrogen and oxygen atoms in total. The quantitative estimate of drug-likeness (QED) is 0.222. The summed E-state index contributed by atoms with van der Waals surface area (Å²) in [5, 5.41) is 1.59. The molecule has 0 N–H and O–H groups in total. The minimum atomic E-state index is -1.29. The molecule has 0 fully saturated rings. The Morgan fingerprint density at radius 2 is 1.53 bits per heavy atom. The van der Waals surface area contributed by atoms with Gasteiger partial charge in [0, 0.05) is 0 Å². The third-order valence-corrected chi connectivity index (χ3v) is 8.74. The molecule has 2 heteroatoms. The third kappa shape index (κ3) is 6.17. The second kappa shape index (κ2) is 9.74. The Hall–Kier alpha value is -1.11. The van der Waals surface area contributed by atoms with Crippen molar-refractivity contribution < 1.29 is 24.2 Å². The first-order chi connectivity index (χ1) is 15.5. The normalized spacial score (nSPS) is 15.1. The van der Waals surface area contributed by atoms with Crippen molar-refractivity contribution in [2.45, 2.75) is 98.7 Å². The molecule has 0 heterocycles. The van der Waals surface area contributed by atoms with Crippen molar-refractivity contribution in [3.05, 3.63) is 75.5 Å². The van der Waals surface area contributed by atoms with Gasteiger partial charge in [-0.2, -0.15) is 0 Å². The van der Waals surface area contributed by atoms with Gasteiger partial charge in [0.2, 0.25) is 0 Å². The van der Waals surface area contributed by atoms with Crippen LogP contribution in [0, 0.1) is 6.07 Å². The first kappa shape index (κ1) is 27.5. The van der Waals surface area contributed by atoms with Crippen LogP contribution in [0.2, 0.25) is 19.6 Å². The van der Waals surface area contributed by atoms with E-state index in [0.29, 0.717) is 0 Å². The van der Waals surface area contributed by atoms with E-state index >= 15 is 0 Å². The van der Waals surface area contributed by atoms with Gasteiger partial charge in [0.15, 0.2) is 0 Å². The molecule has 0 bridgehead atoms. The topological polar surface area (TPSA) is 0 Å². The van der Waals surface area contributed by atoms with Crippen LogP contribution in [0.4, 0.5) is 0 Å². The minimum absolute atomic E-state index is 0.0913. The molecule has 0 amide bonds. The molecule has 0 aromatic heterocycles. The zero-order chi connectivity index (χ0) is 25.6. The van der Waals surface area contributed by atoms with Crippen LogP contribution in [0.25, 0.3) is 16.7 Å². The fourth-order valence-corrected chi connectivity index (χ4v) is 6.00. The first-order valence-corrected chi connectivity index (χ1v) is 17.4. The van der Waals surface area contributed by atoms with E-state index in [1.54, 1.807) is 29.4 Å². The maximum absolute atomic E-state index is 3.93. The van der Waals surface area contributed by atoms with Crippen LogP contribution in [0.5, 0.6) is 0 Å². The number of allylic oxidation sites excluding steroid dienone is 4. The van der Waals surface area contributed by atoms with E-state index in [-0.39, 0.29) is 10.8 Å². The average molecular weight is 547 g/mol. The fourth-order valence-electron chi connectivity index (χ4n) is 4.67. The standard InChI is InChI=1S/C29H37Si.C3H6.Zr/c1-28(2,3)22-12-10-19-14-21-16-26(20-11-13-23(15-20)30(7,8)9)27(29(4,5)6)18-25(21)24(19)17-22;1-3-2;/h10,12-13,15,17-18H,11,14H2,1-9H3;1-2H3;/q-1;;. The van der Waals surface area contributed by atoms with Crippen molar-refractivity contribution in [2.24, 2.45) is 0 Å². The Bertz CT molecular complexity index is 1170. The second-order valence-electron chi connectivity index (χ2n) is 13.3. The van der Waals surface area contributed by atoms with E-state index in [4.69, 9.17) is 0 Å². The fraction of sp³-hybridized carbons (Fsp3) is 0.469. The van der Waals surface area contributed by atoms with Crippen LogP contribution in [0.1, 0.15) is 89.6 Å². The molecular weight excluding hydrogens is 504 g/mol. The van der Waals surface area contributed by atoms with E-state index < -0.39 is 8.07 Å². The summed E-state index contributed by atoms with van der Waals surface area (Å²) in [4.78, 5) is 0. The predicted octanol–water partition coefficient (Wildman–Crippen LogP) is 8.99. The van der Waals surface area contributed by atoms with Crippen LogP contribution < -0.4 is 0 Å². The molecule has 2 aliphatic carbocycles. The number of benzene rings is 2. The van der Waals surface area contributed by atoms with Crippen LogP contribution in [0.15, 0.2) is 41.6 Å². The van der Waals surface area contributed by atoms with Crippen molar-refractivity contribution in [1.29, 1.82) is 0 Å². The van der Waals surface area contributed by atoms with E-state index in [9.17, 15) is 0 Å². The van der Waals surface area contributed by atoms with Gasteiger partial charge in [-0.3, -0.25) is 0 Å². The van der Waals surface area contributed by atoms with Crippen molar-refractivity contribution in [3.8, 4) is 11.1 Å². The summed E-state index contributed by atoms with van der Waals surface area (Å²) in [6.45, 7) is 25.5. The van der Waals surface area contributed by atoms with Crippen LogP contribution >= 0.6 is 0 Å². The van der Waals surface area contributed by atoms with Gasteiger partial charge in [-0.25, -0.2) is 0 Å². The summed E-state index contributed by atoms with van der Waals surface area (Å²) < 4.78 is 1.51. The first-order valence-electron chi connectivity index (χ1n) is 12.7. The number of fused-ring (bicyclic) bond motifs is 3. The van der Waals surface area contributed by atoms with E-state index in [1.807, 2.05) is 0 Å². The molecule has 0 aliphatic heterocycles. The molecular formula is C32H43SiZr-. The van der Waals surface area contributed by atoms with Crippen molar-refractivity contribution >= 4 is 16.9 Å². The summed E-state index contributed by atoms with van der Waals surface area (Å²) in [5.41, 5.74) is 11.6. The third-order valence-electron chi connectivity index (χ3n) is 6.66. The number of hydrogen-bond donors (Lipinski definition) is 0. The van der Waals surface area contributed by atoms with E-state index in [0.717, 1.165) is 12.8 Å². The molecule has 0 radical (unpaired) electrons. The summed E-state index contributed by atoms with van der Waals surface area (Å²) in [7, 11) is -1.29. The molecule has 180 valence electrons. The molecule has 2 aliphatic rings. The molecule has 34 heavy (non-hydrogen) atoms. The number of hydrogen-bond acceptors (Lipinski definition) is 0. The Morgan fingerprint density at radius 3 is 2.03 bits per heavy atom. The van der Waals surface area contributed by atoms with Gasteiger partial charge < -0.3 is 0 Å². The Labute approximate surface area is 225 Å². The molecule has 0 saturated heterocycles. The molecule has 2 aromatic carbocycles. The van der Waals surface area contributed by atoms with Gasteiger partial charge in [-0.15, -0.1) is 40.5 Å². The monoisotopic (exact) mass is 545 g/mol. The maximum atomic E-state index is 3.93. The van der Waals surface area contributed by atoms with Gasteiger partial charge in [0.25, 0.3) is 0 Å². The average Bonchev–Trinajstić information content (AvgIpc) is 3.29. The Balaban J connectivity index is 0.000000751. The van der Waals surface area contributed by atoms with Gasteiger partial charge >= 0.3 is 41.3 Å². The van der Waals surface area contributed by atoms with Crippen LogP contribution in [-0.4, -0.2) is 11.3 Å². The van der Waals surface area contributed by atoms with Crippen LogP contribution in [0.3, 0.4) is 0 Å². The van der Waals surface area contributed by atoms with Crippen molar-refractivity contribution in [1.82, 2.24) is 0 Å². The molecule has 0 atom stereocenters. The zero-order valence-electron chi connectivity index (χ0n) is 23.4. The van der Waals surface area contributed by atoms with E-state index in [2.05, 4.69) is 118 Å². The number of rotatable bonds is 2. The van der Waals surface area contributed by atoms with Crippen molar-refractivity contribution in [3.63, 3.8) is 0 Å². The summed E-state index contributed by atoms with van der Waals surface area (Å²) >= 11 is 1.55. The summed E-state index contributed by atoms with van der Waals surface area (Å²) in [6.07, 6.45) is 7.02. The predicted molar refractivity (Wildman–Crippen MR) is 151 cm³/mol. The van der Waals surface area contributed by atoms with Gasteiger partial charge in [-0.05, 0) is 34.8 Å². The molecule has 0 saturated carbocycles. The molecule has 2 aromatic rings. The van der Waals surface area contributed by atoms with E-state index in [1.165, 1.54) is 47.7 Å². The van der Waals surface area contributed by atoms with Gasteiger partial charge in [0.05, 0.1) is 8.07 Å². The van der Waals surface area contributed by atoms with Crippen molar-refractivity contribution in [2.75, 3.05) is 0 Å². The van der Waals surface area contributed by atoms with Crippen LogP contribution in [-0.2, 0) is 41.5 Å². The summed E-state index contributed by atoms with van der Waals surface area (Å²) in [6, 6.07) is 13.5. The molecule has 0 spiro atoms. The molecule has 0 unspecified atom stereocenters. The summed E-state index contributed by atoms with van der Waals surface area (Å²) in [5.74, 6) is 0. The zero-order valence-corrected chi connectivity index (χ0v) is 26.8. The van der Waals surface area contributed by atoms with Gasteiger partial charge in [-0.1, -0.05) is 102 Å². The second-order valence-corrected chi connectivity index (χ2v) is 20.8. The molecule has 4 rings (SSSR count).